The summed E-state index contributed by atoms with van der Waals surface area (Å²) >= 11 is 0. The van der Waals surface area contributed by atoms with Crippen molar-refractivity contribution in [1.82, 2.24) is 9.97 Å². The van der Waals surface area contributed by atoms with E-state index >= 15 is 0 Å². The zero-order chi connectivity index (χ0) is 15.3. The van der Waals surface area contributed by atoms with E-state index in [2.05, 4.69) is 19.4 Å². The van der Waals surface area contributed by atoms with Gasteiger partial charge in [-0.15, -0.1) is 0 Å². The molecule has 0 bridgehead atoms. The lowest BCUT2D eigenvalue weighted by molar-refractivity contribution is -0.139. The fourth-order valence-corrected chi connectivity index (χ4v) is 2.62. The zero-order valence-electron chi connectivity index (χ0n) is 11.2. The Balaban J connectivity index is 2.15. The van der Waals surface area contributed by atoms with E-state index in [0.717, 1.165) is 0 Å². The van der Waals surface area contributed by atoms with Gasteiger partial charge in [-0.1, -0.05) is 12.1 Å². The SMILES string of the molecule is COC(=O)Cc1ccc(S(=O)(=O)Nc2cncnc2)cc1. The lowest BCUT2D eigenvalue weighted by atomic mass is 10.2. The normalized spacial score (nSPS) is 10.9. The second-order valence-electron chi connectivity index (χ2n) is 4.13. The summed E-state index contributed by atoms with van der Waals surface area (Å²) in [6, 6.07) is 5.97. The second kappa shape index (κ2) is 6.31. The molecule has 0 atom stereocenters. The fraction of sp³-hybridized carbons (Fsp3) is 0.154. The summed E-state index contributed by atoms with van der Waals surface area (Å²) in [6.45, 7) is 0. The number of anilines is 1. The van der Waals surface area contributed by atoms with Gasteiger partial charge < -0.3 is 4.74 Å². The summed E-state index contributed by atoms with van der Waals surface area (Å²) in [7, 11) is -2.41. The highest BCUT2D eigenvalue weighted by atomic mass is 32.2. The van der Waals surface area contributed by atoms with Crippen LogP contribution in [-0.2, 0) is 26.0 Å². The van der Waals surface area contributed by atoms with Crippen molar-refractivity contribution in [2.45, 2.75) is 11.3 Å². The van der Waals surface area contributed by atoms with E-state index in [9.17, 15) is 13.2 Å². The Labute approximate surface area is 122 Å². The molecule has 0 spiro atoms. The molecule has 1 aromatic heterocycles. The van der Waals surface area contributed by atoms with Crippen LogP contribution in [0.15, 0.2) is 47.9 Å². The number of ether oxygens (including phenoxy) is 1. The van der Waals surface area contributed by atoms with E-state index in [1.54, 1.807) is 12.1 Å². The maximum Gasteiger partial charge on any atom is 0.309 e. The number of nitrogens with one attached hydrogen (secondary N) is 1. The minimum atomic E-state index is -3.71. The molecule has 0 fully saturated rings. The average molecular weight is 307 g/mol. The molecule has 0 radical (unpaired) electrons. The summed E-state index contributed by atoms with van der Waals surface area (Å²) in [6.07, 6.45) is 4.11. The largest absolute Gasteiger partial charge is 0.469 e. The minimum absolute atomic E-state index is 0.0833. The standard InChI is InChI=1S/C13H13N3O4S/c1-20-13(17)6-10-2-4-12(5-3-10)21(18,19)16-11-7-14-9-15-8-11/h2-5,7-9,16H,6H2,1H3. The van der Waals surface area contributed by atoms with Gasteiger partial charge in [0, 0.05) is 0 Å². The van der Waals surface area contributed by atoms with Crippen molar-refractivity contribution in [2.24, 2.45) is 0 Å². The summed E-state index contributed by atoms with van der Waals surface area (Å²) in [5.74, 6) is -0.384. The van der Waals surface area contributed by atoms with Crippen LogP contribution >= 0.6 is 0 Å². The Morgan fingerprint density at radius 3 is 2.38 bits per heavy atom. The van der Waals surface area contributed by atoms with Crippen molar-refractivity contribution in [3.63, 3.8) is 0 Å². The molecule has 0 saturated carbocycles. The molecule has 8 heteroatoms. The van der Waals surface area contributed by atoms with Crippen LogP contribution in [0, 0.1) is 0 Å². The molecule has 7 nitrogen and oxygen atoms in total. The first-order valence-corrected chi connectivity index (χ1v) is 7.43. The summed E-state index contributed by atoms with van der Waals surface area (Å²) in [5, 5.41) is 0. The molecule has 0 unspecified atom stereocenters. The number of benzene rings is 1. The van der Waals surface area contributed by atoms with Crippen molar-refractivity contribution < 1.29 is 17.9 Å². The number of carbonyl (C=O) groups excluding carboxylic acids is 1. The number of esters is 1. The lowest BCUT2D eigenvalue weighted by Crippen LogP contribution is -2.13. The quantitative estimate of drug-likeness (QED) is 0.827. The van der Waals surface area contributed by atoms with Gasteiger partial charge in [0.2, 0.25) is 0 Å². The van der Waals surface area contributed by atoms with Gasteiger partial charge in [0.1, 0.15) is 6.33 Å². The Morgan fingerprint density at radius 2 is 1.81 bits per heavy atom. The van der Waals surface area contributed by atoms with Crippen LogP contribution in [0.2, 0.25) is 0 Å². The number of hydrogen-bond donors (Lipinski definition) is 1. The predicted octanol–water partition coefficient (Wildman–Crippen LogP) is 0.993. The van der Waals surface area contributed by atoms with Gasteiger partial charge in [0.15, 0.2) is 0 Å². The van der Waals surface area contributed by atoms with Crippen LogP contribution in [0.25, 0.3) is 0 Å². The van der Waals surface area contributed by atoms with E-state index in [1.165, 1.54) is 38.0 Å². The Hall–Kier alpha value is -2.48. The zero-order valence-corrected chi connectivity index (χ0v) is 12.0. The first-order chi connectivity index (χ1) is 10.0. The smallest absolute Gasteiger partial charge is 0.309 e. The van der Waals surface area contributed by atoms with E-state index in [1.807, 2.05) is 0 Å². The maximum absolute atomic E-state index is 12.1. The van der Waals surface area contributed by atoms with Crippen molar-refractivity contribution in [1.29, 1.82) is 0 Å². The second-order valence-corrected chi connectivity index (χ2v) is 5.81. The predicted molar refractivity (Wildman–Crippen MR) is 75.0 cm³/mol. The molecular formula is C13H13N3O4S. The number of hydrogen-bond acceptors (Lipinski definition) is 6. The third-order valence-corrected chi connectivity index (χ3v) is 4.02. The van der Waals surface area contributed by atoms with Crippen molar-refractivity contribution in [2.75, 3.05) is 11.8 Å². The monoisotopic (exact) mass is 307 g/mol. The molecule has 0 amide bonds. The van der Waals surface area contributed by atoms with Gasteiger partial charge >= 0.3 is 5.97 Å². The summed E-state index contributed by atoms with van der Waals surface area (Å²) in [4.78, 5) is 18.7. The lowest BCUT2D eigenvalue weighted by Gasteiger charge is -2.07. The third kappa shape index (κ3) is 3.99. The van der Waals surface area contributed by atoms with Crippen LogP contribution in [-0.4, -0.2) is 31.5 Å². The maximum atomic E-state index is 12.1. The number of sulfonamides is 1. The molecule has 0 aliphatic carbocycles. The Kier molecular flexibility index (Phi) is 4.49. The van der Waals surface area contributed by atoms with Crippen LogP contribution in [0.1, 0.15) is 5.56 Å². The molecule has 0 aliphatic heterocycles. The van der Waals surface area contributed by atoms with Crippen LogP contribution < -0.4 is 4.72 Å². The Bertz CT molecular complexity index is 715. The van der Waals surface area contributed by atoms with Crippen LogP contribution in [0.3, 0.4) is 0 Å². The average Bonchev–Trinajstić information content (AvgIpc) is 2.48. The van der Waals surface area contributed by atoms with Gasteiger partial charge in [-0.25, -0.2) is 18.4 Å². The van der Waals surface area contributed by atoms with Crippen molar-refractivity contribution in [3.8, 4) is 0 Å². The van der Waals surface area contributed by atoms with Gasteiger partial charge in [-0.2, -0.15) is 0 Å². The topological polar surface area (TPSA) is 98.2 Å². The Morgan fingerprint density at radius 1 is 1.19 bits per heavy atom. The highest BCUT2D eigenvalue weighted by Gasteiger charge is 2.14. The number of carbonyl (C=O) groups is 1. The summed E-state index contributed by atoms with van der Waals surface area (Å²) < 4.78 is 31.2. The van der Waals surface area contributed by atoms with E-state index in [4.69, 9.17) is 0 Å². The van der Waals surface area contributed by atoms with Crippen LogP contribution in [0.4, 0.5) is 5.69 Å². The number of rotatable bonds is 5. The number of methoxy groups -OCH3 is 1. The summed E-state index contributed by atoms with van der Waals surface area (Å²) in [5.41, 5.74) is 0.944. The van der Waals surface area contributed by atoms with Gasteiger partial charge in [0.05, 0.1) is 36.5 Å². The number of aromatic nitrogens is 2. The molecule has 0 aliphatic rings. The molecular weight excluding hydrogens is 294 g/mol. The van der Waals surface area contributed by atoms with Gasteiger partial charge in [-0.05, 0) is 17.7 Å². The first-order valence-electron chi connectivity index (χ1n) is 5.95. The minimum Gasteiger partial charge on any atom is -0.469 e. The molecule has 21 heavy (non-hydrogen) atoms. The first kappa shape index (κ1) is 14.9. The van der Waals surface area contributed by atoms with Gasteiger partial charge in [0.25, 0.3) is 10.0 Å². The third-order valence-electron chi connectivity index (χ3n) is 2.62. The molecule has 1 heterocycles. The number of nitrogens with zero attached hydrogens (tertiary/aromatic N) is 2. The molecule has 1 N–H and O–H groups in total. The fourth-order valence-electron chi connectivity index (χ4n) is 1.59. The highest BCUT2D eigenvalue weighted by Crippen LogP contribution is 2.15. The van der Waals surface area contributed by atoms with E-state index in [-0.39, 0.29) is 23.0 Å². The molecule has 2 aromatic rings. The molecule has 0 saturated heterocycles. The van der Waals surface area contributed by atoms with Crippen LogP contribution in [0.5, 0.6) is 0 Å². The molecule has 2 rings (SSSR count). The highest BCUT2D eigenvalue weighted by molar-refractivity contribution is 7.92. The van der Waals surface area contributed by atoms with Crippen molar-refractivity contribution in [3.05, 3.63) is 48.5 Å². The van der Waals surface area contributed by atoms with Crippen molar-refractivity contribution >= 4 is 21.7 Å². The van der Waals surface area contributed by atoms with E-state index in [0.29, 0.717) is 5.56 Å². The molecule has 110 valence electrons. The van der Waals surface area contributed by atoms with E-state index < -0.39 is 10.0 Å². The van der Waals surface area contributed by atoms with Gasteiger partial charge in [-0.3, -0.25) is 9.52 Å². The molecule has 1 aromatic carbocycles.